The van der Waals surface area contributed by atoms with Gasteiger partial charge in [0.05, 0.1) is 35.5 Å². The zero-order chi connectivity index (χ0) is 20.0. The highest BCUT2D eigenvalue weighted by molar-refractivity contribution is 7.89. The monoisotopic (exact) mass is 413 g/mol. The standard InChI is InChI=1S/C22H27N3O3S/c1-17(18-6-3-2-4-7-18)25-21-16-19(29(26,27)23-12-14-28-15-13-23)9-10-20(21)24-11-5-8-22(24)25/h2-4,6-7,9-10,16-17,22H,5,8,11-15H2,1H3/t17-,22+/m1/s1. The molecular weight excluding hydrogens is 386 g/mol. The molecule has 3 heterocycles. The van der Waals surface area contributed by atoms with Crippen molar-refractivity contribution in [2.45, 2.75) is 36.9 Å². The molecule has 6 nitrogen and oxygen atoms in total. The first kappa shape index (κ1) is 18.9. The number of anilines is 2. The van der Waals surface area contributed by atoms with Gasteiger partial charge in [0.25, 0.3) is 0 Å². The summed E-state index contributed by atoms with van der Waals surface area (Å²) in [5, 5.41) is 0. The van der Waals surface area contributed by atoms with Crippen molar-refractivity contribution in [1.29, 1.82) is 0 Å². The maximum Gasteiger partial charge on any atom is 0.243 e. The molecule has 0 unspecified atom stereocenters. The molecule has 29 heavy (non-hydrogen) atoms. The van der Waals surface area contributed by atoms with E-state index in [0.29, 0.717) is 37.4 Å². The number of nitrogens with zero attached hydrogens (tertiary/aromatic N) is 3. The van der Waals surface area contributed by atoms with Gasteiger partial charge in [-0.15, -0.1) is 0 Å². The molecule has 0 saturated carbocycles. The summed E-state index contributed by atoms with van der Waals surface area (Å²) in [6, 6.07) is 16.3. The molecule has 2 fully saturated rings. The molecule has 5 rings (SSSR count). The number of hydrogen-bond donors (Lipinski definition) is 0. The van der Waals surface area contributed by atoms with Crippen molar-refractivity contribution in [3.8, 4) is 0 Å². The van der Waals surface area contributed by atoms with Gasteiger partial charge in [-0.1, -0.05) is 30.3 Å². The Bertz CT molecular complexity index is 990. The molecule has 0 amide bonds. The predicted octanol–water partition coefficient (Wildman–Crippen LogP) is 3.22. The molecule has 3 aliphatic rings. The minimum atomic E-state index is -3.51. The van der Waals surface area contributed by atoms with Crippen LogP contribution in [0.2, 0.25) is 0 Å². The Morgan fingerprint density at radius 2 is 1.76 bits per heavy atom. The van der Waals surface area contributed by atoms with E-state index in [2.05, 4.69) is 41.0 Å². The third-order valence-corrected chi connectivity index (χ3v) is 8.28. The van der Waals surface area contributed by atoms with Crippen molar-refractivity contribution in [3.05, 3.63) is 54.1 Å². The van der Waals surface area contributed by atoms with Gasteiger partial charge >= 0.3 is 0 Å². The normalized spacial score (nSPS) is 23.1. The second-order valence-corrected chi connectivity index (χ2v) is 9.92. The summed E-state index contributed by atoms with van der Waals surface area (Å²) in [7, 11) is -3.51. The zero-order valence-corrected chi connectivity index (χ0v) is 17.5. The van der Waals surface area contributed by atoms with Crippen LogP contribution in [0.5, 0.6) is 0 Å². The lowest BCUT2D eigenvalue weighted by atomic mass is 10.1. The average molecular weight is 414 g/mol. The van der Waals surface area contributed by atoms with Crippen molar-refractivity contribution >= 4 is 21.4 Å². The van der Waals surface area contributed by atoms with Crippen LogP contribution >= 0.6 is 0 Å². The van der Waals surface area contributed by atoms with E-state index in [0.717, 1.165) is 30.8 Å². The molecule has 0 aromatic heterocycles. The molecule has 2 aromatic rings. The number of hydrogen-bond acceptors (Lipinski definition) is 5. The Kier molecular flexibility index (Phi) is 4.76. The van der Waals surface area contributed by atoms with Crippen LogP contribution in [-0.2, 0) is 14.8 Å². The van der Waals surface area contributed by atoms with Crippen molar-refractivity contribution in [2.75, 3.05) is 42.6 Å². The molecule has 2 aromatic carbocycles. The maximum absolute atomic E-state index is 13.2. The summed E-state index contributed by atoms with van der Waals surface area (Å²) in [6.07, 6.45) is 2.55. The number of morpholine rings is 1. The van der Waals surface area contributed by atoms with Crippen molar-refractivity contribution < 1.29 is 13.2 Å². The summed E-state index contributed by atoms with van der Waals surface area (Å²) in [5.74, 6) is 0. The first-order valence-electron chi connectivity index (χ1n) is 10.4. The Labute approximate surface area is 172 Å². The molecule has 0 aliphatic carbocycles. The highest BCUT2D eigenvalue weighted by atomic mass is 32.2. The quantitative estimate of drug-likeness (QED) is 0.770. The average Bonchev–Trinajstić information content (AvgIpc) is 3.35. The lowest BCUT2D eigenvalue weighted by molar-refractivity contribution is 0.0730. The molecule has 3 aliphatic heterocycles. The van der Waals surface area contributed by atoms with E-state index in [4.69, 9.17) is 4.74 Å². The Morgan fingerprint density at radius 1 is 1.00 bits per heavy atom. The first-order valence-corrected chi connectivity index (χ1v) is 11.8. The number of sulfonamides is 1. The Balaban J connectivity index is 1.55. The second-order valence-electron chi connectivity index (χ2n) is 7.98. The van der Waals surface area contributed by atoms with E-state index in [1.165, 1.54) is 5.56 Å². The Morgan fingerprint density at radius 3 is 2.52 bits per heavy atom. The third-order valence-electron chi connectivity index (χ3n) is 6.38. The number of fused-ring (bicyclic) bond motifs is 3. The van der Waals surface area contributed by atoms with Crippen LogP contribution in [0, 0.1) is 0 Å². The largest absolute Gasteiger partial charge is 0.379 e. The van der Waals surface area contributed by atoms with Crippen molar-refractivity contribution in [1.82, 2.24) is 4.31 Å². The lowest BCUT2D eigenvalue weighted by Gasteiger charge is -2.33. The smallest absolute Gasteiger partial charge is 0.243 e. The number of benzene rings is 2. The summed E-state index contributed by atoms with van der Waals surface area (Å²) in [5.41, 5.74) is 3.42. The Hall–Kier alpha value is -2.09. The second kappa shape index (κ2) is 7.31. The van der Waals surface area contributed by atoms with E-state index in [1.54, 1.807) is 10.4 Å². The van der Waals surface area contributed by atoms with Crippen molar-refractivity contribution in [3.63, 3.8) is 0 Å². The SMILES string of the molecule is C[C@H](c1ccccc1)N1c2cc(S(=O)(=O)N3CCOCC3)ccc2N2CCC[C@@H]21. The fourth-order valence-electron chi connectivity index (χ4n) is 4.89. The highest BCUT2D eigenvalue weighted by Crippen LogP contribution is 2.48. The van der Waals surface area contributed by atoms with E-state index in [-0.39, 0.29) is 6.04 Å². The minimum absolute atomic E-state index is 0.171. The summed E-state index contributed by atoms with van der Waals surface area (Å²) in [6.45, 7) is 4.97. The molecule has 0 spiro atoms. The number of ether oxygens (including phenoxy) is 1. The summed E-state index contributed by atoms with van der Waals surface area (Å²) in [4.78, 5) is 5.22. The molecule has 0 N–H and O–H groups in total. The first-order chi connectivity index (χ1) is 14.1. The van der Waals surface area contributed by atoms with E-state index < -0.39 is 10.0 Å². The van der Waals surface area contributed by atoms with Crippen LogP contribution < -0.4 is 9.80 Å². The topological polar surface area (TPSA) is 53.1 Å². The third kappa shape index (κ3) is 3.12. The lowest BCUT2D eigenvalue weighted by Crippen LogP contribution is -2.41. The van der Waals surface area contributed by atoms with Crippen LogP contribution in [0.4, 0.5) is 11.4 Å². The molecule has 0 bridgehead atoms. The molecule has 2 atom stereocenters. The highest BCUT2D eigenvalue weighted by Gasteiger charge is 2.42. The van der Waals surface area contributed by atoms with Crippen molar-refractivity contribution in [2.24, 2.45) is 0 Å². The fraction of sp³-hybridized carbons (Fsp3) is 0.455. The van der Waals surface area contributed by atoms with Gasteiger partial charge in [-0.2, -0.15) is 4.31 Å². The van der Waals surface area contributed by atoms with E-state index in [9.17, 15) is 8.42 Å². The van der Waals surface area contributed by atoms with E-state index in [1.807, 2.05) is 18.2 Å². The van der Waals surface area contributed by atoms with Crippen LogP contribution in [0.25, 0.3) is 0 Å². The van der Waals surface area contributed by atoms with Gasteiger partial charge in [0.2, 0.25) is 10.0 Å². The van der Waals surface area contributed by atoms with Gasteiger partial charge < -0.3 is 14.5 Å². The van der Waals surface area contributed by atoms with Gasteiger partial charge in [-0.3, -0.25) is 0 Å². The summed E-state index contributed by atoms with van der Waals surface area (Å²) < 4.78 is 33.3. The zero-order valence-electron chi connectivity index (χ0n) is 16.7. The number of rotatable bonds is 4. The van der Waals surface area contributed by atoms with Crippen LogP contribution in [-0.4, -0.2) is 51.7 Å². The van der Waals surface area contributed by atoms with Crippen LogP contribution in [0.3, 0.4) is 0 Å². The minimum Gasteiger partial charge on any atom is -0.379 e. The molecule has 154 valence electrons. The van der Waals surface area contributed by atoms with Gasteiger partial charge in [0.15, 0.2) is 0 Å². The maximum atomic E-state index is 13.2. The van der Waals surface area contributed by atoms with Gasteiger partial charge in [0.1, 0.15) is 6.17 Å². The molecule has 2 saturated heterocycles. The van der Waals surface area contributed by atoms with Gasteiger partial charge in [0, 0.05) is 19.6 Å². The fourth-order valence-corrected chi connectivity index (χ4v) is 6.32. The van der Waals surface area contributed by atoms with E-state index >= 15 is 0 Å². The predicted molar refractivity (Wildman–Crippen MR) is 114 cm³/mol. The van der Waals surface area contributed by atoms with Crippen LogP contribution in [0.15, 0.2) is 53.4 Å². The summed E-state index contributed by atoms with van der Waals surface area (Å²) >= 11 is 0. The molecule has 0 radical (unpaired) electrons. The van der Waals surface area contributed by atoms with Gasteiger partial charge in [-0.25, -0.2) is 8.42 Å². The van der Waals surface area contributed by atoms with Crippen LogP contribution in [0.1, 0.15) is 31.4 Å². The molecule has 7 heteroatoms. The molecular formula is C22H27N3O3S. The van der Waals surface area contributed by atoms with Gasteiger partial charge in [-0.05, 0) is 43.5 Å².